The Morgan fingerprint density at radius 2 is 1.76 bits per heavy atom. The van der Waals surface area contributed by atoms with Gasteiger partial charge in [-0.2, -0.15) is 0 Å². The van der Waals surface area contributed by atoms with E-state index >= 15 is 0 Å². The number of fused-ring (bicyclic) bond motifs is 2. The fourth-order valence-corrected chi connectivity index (χ4v) is 2.97. The van der Waals surface area contributed by atoms with E-state index in [9.17, 15) is 4.79 Å². The molecule has 2 aromatic rings. The van der Waals surface area contributed by atoms with Gasteiger partial charge in [-0.05, 0) is 55.7 Å². The second kappa shape index (κ2) is 6.86. The molecule has 0 N–H and O–H groups in total. The van der Waals surface area contributed by atoms with Gasteiger partial charge in [0.2, 0.25) is 0 Å². The molecule has 25 heavy (non-hydrogen) atoms. The second-order valence-corrected chi connectivity index (χ2v) is 5.97. The topological polar surface area (TPSA) is 33.5 Å². The summed E-state index contributed by atoms with van der Waals surface area (Å²) in [5.74, 6) is 2.40. The van der Waals surface area contributed by atoms with E-state index in [0.717, 1.165) is 29.7 Å². The maximum Gasteiger partial charge on any atom is 0.352 e. The number of hydrogen-bond acceptors (Lipinski definition) is 3. The van der Waals surface area contributed by atoms with Crippen LogP contribution >= 0.6 is 0 Å². The predicted octanol–water partition coefficient (Wildman–Crippen LogP) is 4.60. The molecule has 0 saturated heterocycles. The van der Waals surface area contributed by atoms with E-state index in [0.29, 0.717) is 11.1 Å². The van der Waals surface area contributed by atoms with Crippen LogP contribution in [-0.4, -0.2) is 13.1 Å². The number of anilines is 1. The molecule has 0 amide bonds. The van der Waals surface area contributed by atoms with E-state index in [4.69, 9.17) is 10.8 Å². The highest BCUT2D eigenvalue weighted by Gasteiger charge is 2.11. The lowest BCUT2D eigenvalue weighted by atomic mass is 10.1. The number of nitrogens with zero attached hydrogens (tertiary/aromatic N) is 1. The Kier molecular flexibility index (Phi) is 4.63. The highest BCUT2D eigenvalue weighted by Crippen LogP contribution is 2.32. The highest BCUT2D eigenvalue weighted by molar-refractivity contribution is 5.85. The third-order valence-corrected chi connectivity index (χ3v) is 4.54. The standard InChI is InChI=1S/C16H17NO2.C6H4/c1-5-13-11(4)14-9-8-12(17(6-2)7-3)10-15(14)19-16(13)18;1-2-5-4-6(5)3-1/h1,8-10H,6-7H2,2-4H3;1-4H. The molecule has 0 bridgehead atoms. The third-order valence-electron chi connectivity index (χ3n) is 4.54. The zero-order chi connectivity index (χ0) is 18.0. The van der Waals surface area contributed by atoms with E-state index in [2.05, 4.69) is 48.9 Å². The van der Waals surface area contributed by atoms with Crippen LogP contribution < -0.4 is 10.5 Å². The summed E-state index contributed by atoms with van der Waals surface area (Å²) in [7, 11) is 0. The Hall–Kier alpha value is -2.99. The van der Waals surface area contributed by atoms with Gasteiger partial charge in [0, 0.05) is 30.2 Å². The molecule has 1 heterocycles. The minimum absolute atomic E-state index is 0.308. The van der Waals surface area contributed by atoms with Crippen molar-refractivity contribution in [1.82, 2.24) is 0 Å². The first-order valence-corrected chi connectivity index (χ1v) is 8.48. The largest absolute Gasteiger partial charge is 0.422 e. The van der Waals surface area contributed by atoms with Crippen LogP contribution in [0.3, 0.4) is 0 Å². The molecule has 1 aromatic heterocycles. The average molecular weight is 331 g/mol. The van der Waals surface area contributed by atoms with Crippen LogP contribution in [0.4, 0.5) is 5.69 Å². The molecule has 0 unspecified atom stereocenters. The summed E-state index contributed by atoms with van der Waals surface area (Å²) in [6.07, 6.45) is 5.35. The lowest BCUT2D eigenvalue weighted by molar-refractivity contribution is 0.557. The van der Waals surface area contributed by atoms with Crippen LogP contribution in [0, 0.1) is 19.3 Å². The molecule has 0 fully saturated rings. The van der Waals surface area contributed by atoms with Crippen molar-refractivity contribution in [3.8, 4) is 23.5 Å². The number of rotatable bonds is 3. The zero-order valence-corrected chi connectivity index (χ0v) is 14.8. The molecule has 4 rings (SSSR count). The summed E-state index contributed by atoms with van der Waals surface area (Å²) >= 11 is 0. The fraction of sp³-hybridized carbons (Fsp3) is 0.227. The van der Waals surface area contributed by atoms with Crippen LogP contribution in [0.5, 0.6) is 0 Å². The maximum absolute atomic E-state index is 11.8. The highest BCUT2D eigenvalue weighted by atomic mass is 16.4. The van der Waals surface area contributed by atoms with Gasteiger partial charge < -0.3 is 9.32 Å². The molecule has 0 radical (unpaired) electrons. The molecule has 0 saturated carbocycles. The van der Waals surface area contributed by atoms with E-state index in [1.54, 1.807) is 0 Å². The second-order valence-electron chi connectivity index (χ2n) is 5.97. The van der Waals surface area contributed by atoms with Crippen LogP contribution in [0.2, 0.25) is 0 Å². The summed E-state index contributed by atoms with van der Waals surface area (Å²) in [5.41, 5.74) is 5.16. The number of hydrogen-bond donors (Lipinski definition) is 0. The van der Waals surface area contributed by atoms with Crippen molar-refractivity contribution in [3.63, 3.8) is 0 Å². The van der Waals surface area contributed by atoms with Gasteiger partial charge in [-0.3, -0.25) is 0 Å². The number of terminal acetylenes is 1. The Labute approximate surface area is 147 Å². The summed E-state index contributed by atoms with van der Waals surface area (Å²) in [5, 5.41) is 0.892. The maximum atomic E-state index is 11.8. The van der Waals surface area contributed by atoms with Crippen LogP contribution in [0.25, 0.3) is 22.1 Å². The van der Waals surface area contributed by atoms with Crippen molar-refractivity contribution in [3.05, 3.63) is 64.0 Å². The van der Waals surface area contributed by atoms with Gasteiger partial charge in [0.15, 0.2) is 0 Å². The van der Waals surface area contributed by atoms with Crippen molar-refractivity contribution < 1.29 is 4.42 Å². The molecule has 2 aliphatic rings. The molecule has 1 aromatic carbocycles. The van der Waals surface area contributed by atoms with Crippen molar-refractivity contribution in [2.24, 2.45) is 0 Å². The van der Waals surface area contributed by atoms with Gasteiger partial charge in [0.05, 0.1) is 0 Å². The third kappa shape index (κ3) is 3.29. The molecule has 0 aliphatic heterocycles. The molecular formula is C22H21NO2. The smallest absolute Gasteiger partial charge is 0.352 e. The normalized spacial score (nSPS) is 10.6. The molecule has 2 aliphatic carbocycles. The molecule has 3 heteroatoms. The van der Waals surface area contributed by atoms with E-state index in [-0.39, 0.29) is 0 Å². The van der Waals surface area contributed by atoms with Gasteiger partial charge in [-0.1, -0.05) is 24.1 Å². The van der Waals surface area contributed by atoms with Crippen LogP contribution in [0.1, 0.15) is 25.0 Å². The fourth-order valence-electron chi connectivity index (χ4n) is 2.97. The van der Waals surface area contributed by atoms with E-state index < -0.39 is 5.63 Å². The van der Waals surface area contributed by atoms with Gasteiger partial charge in [0.1, 0.15) is 11.1 Å². The quantitative estimate of drug-likeness (QED) is 0.406. The Morgan fingerprint density at radius 3 is 2.24 bits per heavy atom. The van der Waals surface area contributed by atoms with Crippen molar-refractivity contribution in [2.45, 2.75) is 20.8 Å². The lowest BCUT2D eigenvalue weighted by Gasteiger charge is -2.21. The lowest BCUT2D eigenvalue weighted by Crippen LogP contribution is -2.21. The first-order chi connectivity index (χ1) is 12.1. The number of benzene rings is 2. The average Bonchev–Trinajstić information content (AvgIpc) is 3.22. The monoisotopic (exact) mass is 331 g/mol. The van der Waals surface area contributed by atoms with Gasteiger partial charge >= 0.3 is 5.63 Å². The first kappa shape index (κ1) is 16.9. The van der Waals surface area contributed by atoms with E-state index in [1.165, 1.54) is 11.1 Å². The van der Waals surface area contributed by atoms with Crippen LogP contribution in [0.15, 0.2) is 51.7 Å². The minimum atomic E-state index is -0.441. The minimum Gasteiger partial charge on any atom is -0.422 e. The molecular weight excluding hydrogens is 310 g/mol. The van der Waals surface area contributed by atoms with Crippen molar-refractivity contribution in [2.75, 3.05) is 18.0 Å². The summed E-state index contributed by atoms with van der Waals surface area (Å²) in [4.78, 5) is 14.0. The number of aryl methyl sites for hydroxylation is 1. The summed E-state index contributed by atoms with van der Waals surface area (Å²) in [6, 6.07) is 14.4. The predicted molar refractivity (Wildman–Crippen MR) is 104 cm³/mol. The van der Waals surface area contributed by atoms with Gasteiger partial charge in [-0.25, -0.2) is 4.79 Å². The Balaban J connectivity index is 0.000000250. The van der Waals surface area contributed by atoms with Gasteiger partial charge in [0.25, 0.3) is 0 Å². The van der Waals surface area contributed by atoms with Crippen LogP contribution in [-0.2, 0) is 0 Å². The zero-order valence-electron chi connectivity index (χ0n) is 14.8. The summed E-state index contributed by atoms with van der Waals surface area (Å²) in [6.45, 7) is 7.86. The molecule has 0 atom stereocenters. The Morgan fingerprint density at radius 1 is 1.08 bits per heavy atom. The first-order valence-electron chi connectivity index (χ1n) is 8.48. The molecule has 126 valence electrons. The van der Waals surface area contributed by atoms with E-state index in [1.807, 2.05) is 25.1 Å². The SMILES string of the molecule is C#Cc1c(C)c2ccc(N(CC)CC)cc2oc1=O.c1cc2cc-2c1. The Bertz CT molecular complexity index is 1000. The molecule has 3 nitrogen and oxygen atoms in total. The summed E-state index contributed by atoms with van der Waals surface area (Å²) < 4.78 is 5.32. The van der Waals surface area contributed by atoms with Crippen molar-refractivity contribution in [1.29, 1.82) is 0 Å². The van der Waals surface area contributed by atoms with Crippen molar-refractivity contribution >= 4 is 16.7 Å². The molecule has 0 spiro atoms. The van der Waals surface area contributed by atoms with Gasteiger partial charge in [-0.15, -0.1) is 6.42 Å².